The second-order valence-electron chi connectivity index (χ2n) is 5.43. The summed E-state index contributed by atoms with van der Waals surface area (Å²) in [4.78, 5) is 15.8. The number of carbonyl (C=O) groups excluding carboxylic acids is 1. The molecule has 1 aliphatic rings. The quantitative estimate of drug-likeness (QED) is 0.787. The maximum Gasteiger partial charge on any atom is 0.397 e. The van der Waals surface area contributed by atoms with Gasteiger partial charge in [-0.1, -0.05) is 50.1 Å². The molecule has 0 unspecified atom stereocenters. The molecule has 1 saturated carbocycles. The summed E-state index contributed by atoms with van der Waals surface area (Å²) in [6.45, 7) is 2.08. The third kappa shape index (κ3) is 4.32. The third-order valence-electron chi connectivity index (χ3n) is 3.86. The lowest BCUT2D eigenvalue weighted by Crippen LogP contribution is -2.07. The highest BCUT2D eigenvalue weighted by molar-refractivity contribution is 5.83. The molecule has 1 aromatic rings. The standard InChI is InChI=1S/C15H24N2O3/c1-2-19-15(18)14-16-13(17-20-14)12-10-8-6-4-3-5-7-9-11-12/h12H,2-11H2,1H3. The van der Waals surface area contributed by atoms with Gasteiger partial charge in [0.1, 0.15) is 0 Å². The first-order valence-corrected chi connectivity index (χ1v) is 7.82. The van der Waals surface area contributed by atoms with Crippen LogP contribution in [0.3, 0.4) is 0 Å². The number of nitrogens with zero attached hydrogens (tertiary/aromatic N) is 2. The number of aromatic nitrogens is 2. The fraction of sp³-hybridized carbons (Fsp3) is 0.800. The molecule has 0 saturated heterocycles. The average Bonchev–Trinajstić information content (AvgIpc) is 2.94. The Morgan fingerprint density at radius 3 is 2.35 bits per heavy atom. The Morgan fingerprint density at radius 1 is 1.15 bits per heavy atom. The molecule has 5 nitrogen and oxygen atoms in total. The Hall–Kier alpha value is -1.39. The van der Waals surface area contributed by atoms with Crippen molar-refractivity contribution < 1.29 is 14.1 Å². The van der Waals surface area contributed by atoms with E-state index in [0.717, 1.165) is 12.8 Å². The molecule has 0 radical (unpaired) electrons. The number of hydrogen-bond acceptors (Lipinski definition) is 5. The van der Waals surface area contributed by atoms with Crippen molar-refractivity contribution in [1.29, 1.82) is 0 Å². The smallest absolute Gasteiger partial charge is 0.397 e. The van der Waals surface area contributed by atoms with Crippen LogP contribution in [0.5, 0.6) is 0 Å². The summed E-state index contributed by atoms with van der Waals surface area (Å²) in [5, 5.41) is 3.98. The van der Waals surface area contributed by atoms with Crippen LogP contribution in [0.2, 0.25) is 0 Å². The zero-order chi connectivity index (χ0) is 14.2. The molecule has 1 aromatic heterocycles. The van der Waals surface area contributed by atoms with E-state index in [1.54, 1.807) is 6.92 Å². The lowest BCUT2D eigenvalue weighted by atomic mass is 9.92. The molecule has 5 heteroatoms. The van der Waals surface area contributed by atoms with Gasteiger partial charge in [0.05, 0.1) is 6.61 Å². The Bertz CT molecular complexity index is 407. The summed E-state index contributed by atoms with van der Waals surface area (Å²) in [5.74, 6) is 0.457. The van der Waals surface area contributed by atoms with Crippen LogP contribution >= 0.6 is 0 Å². The SMILES string of the molecule is CCOC(=O)c1nc(C2CCCCCCCCC2)no1. The van der Waals surface area contributed by atoms with E-state index in [4.69, 9.17) is 9.26 Å². The van der Waals surface area contributed by atoms with Crippen LogP contribution in [0.4, 0.5) is 0 Å². The molecule has 0 spiro atoms. The lowest BCUT2D eigenvalue weighted by molar-refractivity contribution is 0.0470. The van der Waals surface area contributed by atoms with E-state index < -0.39 is 5.97 Å². The fourth-order valence-electron chi connectivity index (χ4n) is 2.74. The predicted molar refractivity (Wildman–Crippen MR) is 74.5 cm³/mol. The zero-order valence-corrected chi connectivity index (χ0v) is 12.3. The van der Waals surface area contributed by atoms with E-state index in [-0.39, 0.29) is 5.89 Å². The van der Waals surface area contributed by atoms with Crippen LogP contribution < -0.4 is 0 Å². The second kappa shape index (κ2) is 8.02. The van der Waals surface area contributed by atoms with Crippen molar-refractivity contribution >= 4 is 5.97 Å². The molecule has 2 rings (SSSR count). The van der Waals surface area contributed by atoms with Gasteiger partial charge < -0.3 is 9.26 Å². The minimum Gasteiger partial charge on any atom is -0.459 e. The van der Waals surface area contributed by atoms with Crippen LogP contribution in [-0.2, 0) is 4.74 Å². The first kappa shape index (κ1) is 15.0. The minimum absolute atomic E-state index is 0.0149. The number of rotatable bonds is 3. The highest BCUT2D eigenvalue weighted by Crippen LogP contribution is 2.28. The third-order valence-corrected chi connectivity index (χ3v) is 3.86. The van der Waals surface area contributed by atoms with Crippen LogP contribution in [0.25, 0.3) is 0 Å². The van der Waals surface area contributed by atoms with Gasteiger partial charge in [-0.2, -0.15) is 4.98 Å². The molecule has 0 N–H and O–H groups in total. The number of ether oxygens (including phenoxy) is 1. The Balaban J connectivity index is 1.98. The maximum absolute atomic E-state index is 11.5. The van der Waals surface area contributed by atoms with Gasteiger partial charge in [-0.3, -0.25) is 0 Å². The summed E-state index contributed by atoms with van der Waals surface area (Å²) < 4.78 is 9.90. The van der Waals surface area contributed by atoms with Gasteiger partial charge in [0.15, 0.2) is 5.82 Å². The Kier molecular flexibility index (Phi) is 6.02. The van der Waals surface area contributed by atoms with Crippen molar-refractivity contribution in [3.63, 3.8) is 0 Å². The van der Waals surface area contributed by atoms with Gasteiger partial charge in [0, 0.05) is 5.92 Å². The topological polar surface area (TPSA) is 65.2 Å². The zero-order valence-electron chi connectivity index (χ0n) is 12.3. The van der Waals surface area contributed by atoms with Crippen molar-refractivity contribution in [1.82, 2.24) is 10.1 Å². The Morgan fingerprint density at radius 2 is 1.75 bits per heavy atom. The van der Waals surface area contributed by atoms with Gasteiger partial charge in [-0.15, -0.1) is 0 Å². The van der Waals surface area contributed by atoms with Crippen LogP contribution in [0, 0.1) is 0 Å². The summed E-state index contributed by atoms with van der Waals surface area (Å²) in [6.07, 6.45) is 11.1. The van der Waals surface area contributed by atoms with Crippen molar-refractivity contribution in [2.45, 2.75) is 70.6 Å². The molecule has 112 valence electrons. The van der Waals surface area contributed by atoms with Gasteiger partial charge >= 0.3 is 11.9 Å². The van der Waals surface area contributed by atoms with Crippen LogP contribution in [0.1, 0.15) is 87.1 Å². The molecule has 0 aromatic carbocycles. The number of hydrogen-bond donors (Lipinski definition) is 0. The Labute approximate surface area is 120 Å². The van der Waals surface area contributed by atoms with E-state index in [9.17, 15) is 4.79 Å². The van der Waals surface area contributed by atoms with Crippen molar-refractivity contribution in [3.05, 3.63) is 11.7 Å². The van der Waals surface area contributed by atoms with Crippen LogP contribution in [-0.4, -0.2) is 22.7 Å². The maximum atomic E-state index is 11.5. The molecular weight excluding hydrogens is 256 g/mol. The van der Waals surface area contributed by atoms with E-state index in [2.05, 4.69) is 10.1 Å². The largest absolute Gasteiger partial charge is 0.459 e. The monoisotopic (exact) mass is 280 g/mol. The van der Waals surface area contributed by atoms with Crippen molar-refractivity contribution in [2.24, 2.45) is 0 Å². The highest BCUT2D eigenvalue weighted by atomic mass is 16.6. The molecule has 0 aliphatic heterocycles. The minimum atomic E-state index is -0.522. The molecule has 0 atom stereocenters. The molecule has 1 fully saturated rings. The normalized spacial score (nSPS) is 18.6. The molecule has 20 heavy (non-hydrogen) atoms. The number of carbonyl (C=O) groups is 1. The predicted octanol–water partition coefficient (Wildman–Crippen LogP) is 3.85. The van der Waals surface area contributed by atoms with Gasteiger partial charge in [0.25, 0.3) is 0 Å². The molecule has 1 aliphatic carbocycles. The summed E-state index contributed by atoms with van der Waals surface area (Å²) in [5.41, 5.74) is 0. The van der Waals surface area contributed by atoms with E-state index >= 15 is 0 Å². The first-order valence-electron chi connectivity index (χ1n) is 7.82. The summed E-state index contributed by atoms with van der Waals surface area (Å²) >= 11 is 0. The van der Waals surface area contributed by atoms with E-state index in [1.165, 1.54) is 44.9 Å². The van der Waals surface area contributed by atoms with Gasteiger partial charge in [-0.05, 0) is 19.8 Å². The fourth-order valence-corrected chi connectivity index (χ4v) is 2.74. The van der Waals surface area contributed by atoms with Gasteiger partial charge in [0.2, 0.25) is 0 Å². The lowest BCUT2D eigenvalue weighted by Gasteiger charge is -2.14. The van der Waals surface area contributed by atoms with E-state index in [0.29, 0.717) is 18.3 Å². The van der Waals surface area contributed by atoms with Crippen LogP contribution in [0.15, 0.2) is 4.52 Å². The highest BCUT2D eigenvalue weighted by Gasteiger charge is 2.22. The molecule has 0 bridgehead atoms. The second-order valence-corrected chi connectivity index (χ2v) is 5.43. The van der Waals surface area contributed by atoms with Crippen molar-refractivity contribution in [3.8, 4) is 0 Å². The molecular formula is C15H24N2O3. The summed E-state index contributed by atoms with van der Waals surface area (Å²) in [6, 6.07) is 0. The van der Waals surface area contributed by atoms with Gasteiger partial charge in [-0.25, -0.2) is 4.79 Å². The van der Waals surface area contributed by atoms with E-state index in [1.807, 2.05) is 0 Å². The summed E-state index contributed by atoms with van der Waals surface area (Å²) in [7, 11) is 0. The molecule has 1 heterocycles. The van der Waals surface area contributed by atoms with Crippen molar-refractivity contribution in [2.75, 3.05) is 6.61 Å². The molecule has 0 amide bonds. The average molecular weight is 280 g/mol. The number of esters is 1. The first-order chi connectivity index (χ1) is 9.81.